The van der Waals surface area contributed by atoms with Gasteiger partial charge in [-0.25, -0.2) is 4.98 Å². The fourth-order valence-corrected chi connectivity index (χ4v) is 3.65. The van der Waals surface area contributed by atoms with Gasteiger partial charge in [-0.05, 0) is 66.9 Å². The van der Waals surface area contributed by atoms with E-state index in [1.165, 1.54) is 5.56 Å². The summed E-state index contributed by atoms with van der Waals surface area (Å²) in [5, 5.41) is 3.68. The Morgan fingerprint density at radius 1 is 1.00 bits per heavy atom. The largest absolute Gasteiger partial charge is 0.479 e. The molecule has 32 heavy (non-hydrogen) atoms. The Labute approximate surface area is 196 Å². The molecule has 0 unspecified atom stereocenters. The Balaban J connectivity index is 1.48. The predicted molar refractivity (Wildman–Crippen MR) is 129 cm³/mol. The van der Waals surface area contributed by atoms with Crippen LogP contribution in [-0.2, 0) is 4.79 Å². The molecule has 1 N–H and O–H groups in total. The third-order valence-electron chi connectivity index (χ3n) is 5.05. The third kappa shape index (κ3) is 4.90. The van der Waals surface area contributed by atoms with Gasteiger partial charge in [-0.3, -0.25) is 4.79 Å². The number of rotatable bonds is 6. The van der Waals surface area contributed by atoms with Crippen LogP contribution in [0.15, 0.2) is 65.1 Å². The fraction of sp³-hybridized carbons (Fsp3) is 0.200. The van der Waals surface area contributed by atoms with Crippen molar-refractivity contribution in [3.8, 4) is 17.2 Å². The van der Waals surface area contributed by atoms with Gasteiger partial charge in [0, 0.05) is 16.3 Å². The summed E-state index contributed by atoms with van der Waals surface area (Å²) < 4.78 is 11.6. The maximum absolute atomic E-state index is 12.6. The molecule has 5 nitrogen and oxygen atoms in total. The Morgan fingerprint density at radius 2 is 1.75 bits per heavy atom. The number of hydrogen-bond acceptors (Lipinski definition) is 4. The lowest BCUT2D eigenvalue weighted by Crippen LogP contribution is -2.30. The summed E-state index contributed by atoms with van der Waals surface area (Å²) in [6, 6.07) is 18.3. The molecule has 0 saturated heterocycles. The molecule has 0 aliphatic heterocycles. The molecule has 4 aromatic rings. The molecule has 0 saturated carbocycles. The molecular weight excluding hydrogens is 447 g/mol. The van der Waals surface area contributed by atoms with E-state index in [0.29, 0.717) is 44.4 Å². The van der Waals surface area contributed by atoms with Crippen LogP contribution in [0.25, 0.3) is 22.6 Å². The fourth-order valence-electron chi connectivity index (χ4n) is 3.20. The SMILES string of the molecule is CC(C)c1ccc(-c2nc3cc(NC(=O)[C@@H](C)Oc4ccc(Cl)cc4Cl)ccc3o2)cc1. The molecule has 0 aliphatic rings. The van der Waals surface area contributed by atoms with Crippen molar-refractivity contribution in [1.29, 1.82) is 0 Å². The van der Waals surface area contributed by atoms with Gasteiger partial charge < -0.3 is 14.5 Å². The molecule has 4 rings (SSSR count). The molecule has 0 fully saturated rings. The lowest BCUT2D eigenvalue weighted by molar-refractivity contribution is -0.122. The standard InChI is InChI=1S/C25H22Cl2N2O3/c1-14(2)16-4-6-17(7-5-16)25-29-21-13-19(9-11-23(21)32-25)28-24(30)15(3)31-22-10-8-18(26)12-20(22)27/h4-15H,1-3H3,(H,28,30)/t15-/m1/s1. The van der Waals surface area contributed by atoms with E-state index in [1.807, 2.05) is 12.1 Å². The molecule has 1 aromatic heterocycles. The van der Waals surface area contributed by atoms with Crippen molar-refractivity contribution >= 4 is 45.9 Å². The number of anilines is 1. The first-order valence-corrected chi connectivity index (χ1v) is 11.0. The summed E-state index contributed by atoms with van der Waals surface area (Å²) in [5.41, 5.74) is 4.04. The number of oxazole rings is 1. The Bertz CT molecular complexity index is 1270. The number of nitrogens with zero attached hydrogens (tertiary/aromatic N) is 1. The number of nitrogens with one attached hydrogen (secondary N) is 1. The van der Waals surface area contributed by atoms with E-state index >= 15 is 0 Å². The van der Waals surface area contributed by atoms with Crippen LogP contribution in [0.4, 0.5) is 5.69 Å². The van der Waals surface area contributed by atoms with Gasteiger partial charge in [0.25, 0.3) is 5.91 Å². The maximum atomic E-state index is 12.6. The molecule has 1 amide bonds. The maximum Gasteiger partial charge on any atom is 0.265 e. The van der Waals surface area contributed by atoms with Crippen LogP contribution in [0.5, 0.6) is 5.75 Å². The number of amides is 1. The first-order chi connectivity index (χ1) is 15.3. The molecule has 0 spiro atoms. The minimum Gasteiger partial charge on any atom is -0.479 e. The molecule has 7 heteroatoms. The van der Waals surface area contributed by atoms with Crippen molar-refractivity contribution in [2.45, 2.75) is 32.8 Å². The van der Waals surface area contributed by atoms with E-state index in [4.69, 9.17) is 32.4 Å². The second kappa shape index (κ2) is 9.23. The second-order valence-electron chi connectivity index (χ2n) is 7.80. The van der Waals surface area contributed by atoms with Crippen molar-refractivity contribution in [3.05, 3.63) is 76.3 Å². The number of ether oxygens (including phenoxy) is 1. The number of carbonyl (C=O) groups excluding carboxylic acids is 1. The molecule has 3 aromatic carbocycles. The van der Waals surface area contributed by atoms with Crippen molar-refractivity contribution in [2.75, 3.05) is 5.32 Å². The number of halogens is 2. The van der Waals surface area contributed by atoms with E-state index < -0.39 is 6.10 Å². The summed E-state index contributed by atoms with van der Waals surface area (Å²) in [7, 11) is 0. The smallest absolute Gasteiger partial charge is 0.265 e. The van der Waals surface area contributed by atoms with E-state index in [-0.39, 0.29) is 5.91 Å². The van der Waals surface area contributed by atoms with Crippen LogP contribution in [0.1, 0.15) is 32.3 Å². The molecule has 0 bridgehead atoms. The first-order valence-electron chi connectivity index (χ1n) is 10.2. The Hall–Kier alpha value is -3.02. The number of carbonyl (C=O) groups is 1. The number of benzene rings is 3. The van der Waals surface area contributed by atoms with E-state index in [9.17, 15) is 4.79 Å². The van der Waals surface area contributed by atoms with Gasteiger partial charge in [0.1, 0.15) is 11.3 Å². The van der Waals surface area contributed by atoms with Gasteiger partial charge in [0.05, 0.1) is 5.02 Å². The van der Waals surface area contributed by atoms with Gasteiger partial charge in [-0.15, -0.1) is 0 Å². The van der Waals surface area contributed by atoms with E-state index in [2.05, 4.69) is 36.3 Å². The van der Waals surface area contributed by atoms with Gasteiger partial charge in [0.15, 0.2) is 11.7 Å². The zero-order chi connectivity index (χ0) is 22.8. The molecule has 0 radical (unpaired) electrons. The van der Waals surface area contributed by atoms with Crippen LogP contribution in [-0.4, -0.2) is 17.0 Å². The minimum atomic E-state index is -0.767. The van der Waals surface area contributed by atoms with Crippen molar-refractivity contribution in [2.24, 2.45) is 0 Å². The predicted octanol–water partition coefficient (Wildman–Crippen LogP) is 7.33. The van der Waals surface area contributed by atoms with E-state index in [1.54, 1.807) is 43.3 Å². The average Bonchev–Trinajstić information content (AvgIpc) is 3.19. The highest BCUT2D eigenvalue weighted by Crippen LogP contribution is 2.29. The summed E-state index contributed by atoms with van der Waals surface area (Å²) in [5.74, 6) is 1.07. The lowest BCUT2D eigenvalue weighted by atomic mass is 10.0. The zero-order valence-corrected chi connectivity index (χ0v) is 19.4. The second-order valence-corrected chi connectivity index (χ2v) is 8.65. The highest BCUT2D eigenvalue weighted by Gasteiger charge is 2.17. The molecular formula is C25H22Cl2N2O3. The third-order valence-corrected chi connectivity index (χ3v) is 5.58. The van der Waals surface area contributed by atoms with Crippen LogP contribution in [0.3, 0.4) is 0 Å². The van der Waals surface area contributed by atoms with Crippen LogP contribution >= 0.6 is 23.2 Å². The number of aromatic nitrogens is 1. The summed E-state index contributed by atoms with van der Waals surface area (Å²) in [6.07, 6.45) is -0.767. The first kappa shape index (κ1) is 22.2. The monoisotopic (exact) mass is 468 g/mol. The van der Waals surface area contributed by atoms with Crippen molar-refractivity contribution in [1.82, 2.24) is 4.98 Å². The van der Waals surface area contributed by atoms with Gasteiger partial charge in [0.2, 0.25) is 5.89 Å². The quantitative estimate of drug-likeness (QED) is 0.321. The number of fused-ring (bicyclic) bond motifs is 1. The summed E-state index contributed by atoms with van der Waals surface area (Å²) in [4.78, 5) is 17.2. The molecule has 1 atom stereocenters. The van der Waals surface area contributed by atoms with Crippen LogP contribution < -0.4 is 10.1 Å². The van der Waals surface area contributed by atoms with Crippen LogP contribution in [0.2, 0.25) is 10.0 Å². The molecule has 1 heterocycles. The highest BCUT2D eigenvalue weighted by atomic mass is 35.5. The molecule has 164 valence electrons. The average molecular weight is 469 g/mol. The topological polar surface area (TPSA) is 64.4 Å². The van der Waals surface area contributed by atoms with Gasteiger partial charge in [-0.1, -0.05) is 49.2 Å². The Morgan fingerprint density at radius 3 is 2.44 bits per heavy atom. The molecule has 0 aliphatic carbocycles. The van der Waals surface area contributed by atoms with Crippen molar-refractivity contribution in [3.63, 3.8) is 0 Å². The summed E-state index contributed by atoms with van der Waals surface area (Å²) >= 11 is 12.0. The lowest BCUT2D eigenvalue weighted by Gasteiger charge is -2.15. The highest BCUT2D eigenvalue weighted by molar-refractivity contribution is 6.35. The zero-order valence-electron chi connectivity index (χ0n) is 17.9. The van der Waals surface area contributed by atoms with Gasteiger partial charge in [-0.2, -0.15) is 0 Å². The van der Waals surface area contributed by atoms with Crippen molar-refractivity contribution < 1.29 is 13.9 Å². The summed E-state index contributed by atoms with van der Waals surface area (Å²) in [6.45, 7) is 5.95. The van der Waals surface area contributed by atoms with E-state index in [0.717, 1.165) is 5.56 Å². The van der Waals surface area contributed by atoms with Gasteiger partial charge >= 0.3 is 0 Å². The Kier molecular flexibility index (Phi) is 6.40. The number of hydrogen-bond donors (Lipinski definition) is 1. The minimum absolute atomic E-state index is 0.316. The van der Waals surface area contributed by atoms with Crippen LogP contribution in [0, 0.1) is 0 Å². The normalized spacial score (nSPS) is 12.2.